The molecule has 1 aromatic carbocycles. The number of hydrogen-bond acceptors (Lipinski definition) is 2. The minimum absolute atomic E-state index is 0.177. The molecule has 1 fully saturated rings. The van der Waals surface area contributed by atoms with Gasteiger partial charge in [0.15, 0.2) is 0 Å². The van der Waals surface area contributed by atoms with Crippen LogP contribution in [0.4, 0.5) is 4.79 Å². The summed E-state index contributed by atoms with van der Waals surface area (Å²) in [6, 6.07) is 4.40. The highest BCUT2D eigenvalue weighted by Gasteiger charge is 2.34. The summed E-state index contributed by atoms with van der Waals surface area (Å²) in [7, 11) is 0. The van der Waals surface area contributed by atoms with Crippen LogP contribution in [0.3, 0.4) is 0 Å². The van der Waals surface area contributed by atoms with Gasteiger partial charge in [0, 0.05) is 11.7 Å². The van der Waals surface area contributed by atoms with E-state index < -0.39 is 6.04 Å². The van der Waals surface area contributed by atoms with Crippen LogP contribution in [-0.2, 0) is 4.79 Å². The van der Waals surface area contributed by atoms with Crippen molar-refractivity contribution in [2.24, 2.45) is 0 Å². The number of halogens is 2. The molecule has 1 heterocycles. The molecule has 3 N–H and O–H groups in total. The zero-order valence-electron chi connectivity index (χ0n) is 11.9. The Morgan fingerprint density at radius 3 is 2.64 bits per heavy atom. The zero-order valence-corrected chi connectivity index (χ0v) is 13.4. The van der Waals surface area contributed by atoms with Crippen LogP contribution < -0.4 is 16.0 Å². The van der Waals surface area contributed by atoms with Crippen molar-refractivity contribution in [3.05, 3.63) is 45.1 Å². The number of urea groups is 1. The van der Waals surface area contributed by atoms with Crippen molar-refractivity contribution in [3.63, 3.8) is 0 Å². The number of nitrogens with one attached hydrogen (secondary N) is 3. The summed E-state index contributed by atoms with van der Waals surface area (Å²) in [5.41, 5.74) is 1.74. The molecule has 22 heavy (non-hydrogen) atoms. The fourth-order valence-corrected chi connectivity index (χ4v) is 2.73. The van der Waals surface area contributed by atoms with E-state index in [0.717, 1.165) is 12.8 Å². The number of benzene rings is 1. The number of hydrogen-bond donors (Lipinski definition) is 3. The Morgan fingerprint density at radius 2 is 2.00 bits per heavy atom. The van der Waals surface area contributed by atoms with Crippen molar-refractivity contribution in [2.45, 2.75) is 31.8 Å². The van der Waals surface area contributed by atoms with Gasteiger partial charge < -0.3 is 16.0 Å². The van der Waals surface area contributed by atoms with E-state index in [2.05, 4.69) is 16.0 Å². The average Bonchev–Trinajstić information content (AvgIpc) is 3.24. The molecule has 2 aliphatic rings. The molecule has 7 heteroatoms. The number of amides is 3. The molecule has 1 saturated carbocycles. The first-order valence-electron chi connectivity index (χ1n) is 7.00. The lowest BCUT2D eigenvalue weighted by molar-refractivity contribution is -0.118. The molecule has 0 spiro atoms. The first-order chi connectivity index (χ1) is 10.5. The van der Waals surface area contributed by atoms with Crippen LogP contribution in [0.1, 0.15) is 31.4 Å². The van der Waals surface area contributed by atoms with Crippen LogP contribution >= 0.6 is 23.2 Å². The van der Waals surface area contributed by atoms with Gasteiger partial charge in [0.05, 0.1) is 21.7 Å². The Kier molecular flexibility index (Phi) is 4.02. The summed E-state index contributed by atoms with van der Waals surface area (Å²) in [5, 5.41) is 9.16. The van der Waals surface area contributed by atoms with Gasteiger partial charge in [0.2, 0.25) is 0 Å². The fraction of sp³-hybridized carbons (Fsp3) is 0.333. The van der Waals surface area contributed by atoms with E-state index in [-0.39, 0.29) is 18.0 Å². The molecule has 0 unspecified atom stereocenters. The van der Waals surface area contributed by atoms with Crippen LogP contribution in [0, 0.1) is 0 Å². The van der Waals surface area contributed by atoms with E-state index in [4.69, 9.17) is 23.2 Å². The minimum Gasteiger partial charge on any atom is -0.349 e. The normalized spacial score (nSPS) is 21.2. The predicted octanol–water partition coefficient (Wildman–Crippen LogP) is 2.90. The van der Waals surface area contributed by atoms with E-state index in [1.807, 2.05) is 0 Å². The van der Waals surface area contributed by atoms with E-state index in [1.165, 1.54) is 0 Å². The van der Waals surface area contributed by atoms with Gasteiger partial charge in [-0.15, -0.1) is 0 Å². The SMILES string of the molecule is CC1=C(C(=O)NC2CC2)[C@@H](c2ccc(Cl)c(Cl)c2)NC(=O)N1. The van der Waals surface area contributed by atoms with E-state index in [9.17, 15) is 9.59 Å². The van der Waals surface area contributed by atoms with Crippen LogP contribution in [0.25, 0.3) is 0 Å². The maximum absolute atomic E-state index is 12.5. The number of carbonyl (C=O) groups excluding carboxylic acids is 2. The van der Waals surface area contributed by atoms with Crippen LogP contribution in [0.5, 0.6) is 0 Å². The molecule has 1 aromatic rings. The molecule has 0 radical (unpaired) electrons. The molecular formula is C15H15Cl2N3O2. The summed E-state index contributed by atoms with van der Waals surface area (Å²) < 4.78 is 0. The summed E-state index contributed by atoms with van der Waals surface area (Å²) >= 11 is 12.0. The van der Waals surface area contributed by atoms with Crippen molar-refractivity contribution in [1.82, 2.24) is 16.0 Å². The molecule has 5 nitrogen and oxygen atoms in total. The topological polar surface area (TPSA) is 70.2 Å². The highest BCUT2D eigenvalue weighted by molar-refractivity contribution is 6.42. The van der Waals surface area contributed by atoms with E-state index in [0.29, 0.717) is 26.9 Å². The lowest BCUT2D eigenvalue weighted by Gasteiger charge is -2.28. The summed E-state index contributed by atoms with van der Waals surface area (Å²) in [4.78, 5) is 24.2. The van der Waals surface area contributed by atoms with Crippen molar-refractivity contribution in [3.8, 4) is 0 Å². The molecule has 0 bridgehead atoms. The lowest BCUT2D eigenvalue weighted by atomic mass is 9.95. The van der Waals surface area contributed by atoms with Gasteiger partial charge in [-0.3, -0.25) is 4.79 Å². The highest BCUT2D eigenvalue weighted by atomic mass is 35.5. The molecule has 3 rings (SSSR count). The lowest BCUT2D eigenvalue weighted by Crippen LogP contribution is -2.47. The largest absolute Gasteiger partial charge is 0.349 e. The van der Waals surface area contributed by atoms with E-state index in [1.54, 1.807) is 25.1 Å². The Balaban J connectivity index is 1.97. The van der Waals surface area contributed by atoms with Gasteiger partial charge in [0.25, 0.3) is 5.91 Å². The van der Waals surface area contributed by atoms with Crippen molar-refractivity contribution >= 4 is 35.1 Å². The summed E-state index contributed by atoms with van der Waals surface area (Å²) in [6.45, 7) is 1.71. The van der Waals surface area contributed by atoms with Gasteiger partial charge in [-0.05, 0) is 37.5 Å². The molecule has 3 amide bonds. The molecular weight excluding hydrogens is 325 g/mol. The predicted molar refractivity (Wildman–Crippen MR) is 84.7 cm³/mol. The summed E-state index contributed by atoms with van der Waals surface area (Å²) in [5.74, 6) is -0.177. The Labute approximate surface area is 138 Å². The van der Waals surface area contributed by atoms with Crippen molar-refractivity contribution < 1.29 is 9.59 Å². The smallest absolute Gasteiger partial charge is 0.319 e. The third-order valence-corrected chi connectivity index (χ3v) is 4.44. The summed E-state index contributed by atoms with van der Waals surface area (Å²) in [6.07, 6.45) is 1.99. The Hall–Kier alpha value is -1.72. The van der Waals surface area contributed by atoms with Gasteiger partial charge in [-0.25, -0.2) is 4.79 Å². The molecule has 1 aliphatic carbocycles. The zero-order chi connectivity index (χ0) is 15.9. The second-order valence-corrected chi connectivity index (χ2v) is 6.31. The second-order valence-electron chi connectivity index (χ2n) is 5.49. The van der Waals surface area contributed by atoms with Crippen LogP contribution in [-0.4, -0.2) is 18.0 Å². The molecule has 0 aromatic heterocycles. The van der Waals surface area contributed by atoms with Crippen LogP contribution in [0.2, 0.25) is 10.0 Å². The first kappa shape index (κ1) is 15.2. The average molecular weight is 340 g/mol. The molecule has 1 atom stereocenters. The molecule has 116 valence electrons. The molecule has 1 aliphatic heterocycles. The minimum atomic E-state index is -0.553. The van der Waals surface area contributed by atoms with Gasteiger partial charge in [-0.2, -0.15) is 0 Å². The fourth-order valence-electron chi connectivity index (χ4n) is 2.43. The van der Waals surface area contributed by atoms with Gasteiger partial charge in [-0.1, -0.05) is 29.3 Å². The van der Waals surface area contributed by atoms with Crippen molar-refractivity contribution in [2.75, 3.05) is 0 Å². The standard InChI is InChI=1S/C15H15Cl2N3O2/c1-7-12(14(21)19-9-3-4-9)13(20-15(22)18-7)8-2-5-10(16)11(17)6-8/h2,5-6,9,13H,3-4H2,1H3,(H,19,21)(H2,18,20,22)/t13-/m1/s1. The number of allylic oxidation sites excluding steroid dienone is 1. The molecule has 0 saturated heterocycles. The quantitative estimate of drug-likeness (QED) is 0.792. The van der Waals surface area contributed by atoms with Crippen molar-refractivity contribution in [1.29, 1.82) is 0 Å². The number of rotatable bonds is 3. The monoisotopic (exact) mass is 339 g/mol. The second kappa shape index (κ2) is 5.82. The van der Waals surface area contributed by atoms with Gasteiger partial charge >= 0.3 is 6.03 Å². The van der Waals surface area contributed by atoms with Gasteiger partial charge in [0.1, 0.15) is 0 Å². The third kappa shape index (κ3) is 3.05. The van der Waals surface area contributed by atoms with E-state index >= 15 is 0 Å². The Morgan fingerprint density at radius 1 is 1.27 bits per heavy atom. The first-order valence-corrected chi connectivity index (χ1v) is 7.75. The highest BCUT2D eigenvalue weighted by Crippen LogP contribution is 2.32. The maximum Gasteiger partial charge on any atom is 0.319 e. The van der Waals surface area contributed by atoms with Crippen LogP contribution in [0.15, 0.2) is 29.5 Å². The third-order valence-electron chi connectivity index (χ3n) is 3.70. The number of carbonyl (C=O) groups is 2. The Bertz CT molecular complexity index is 683. The maximum atomic E-state index is 12.5.